The Morgan fingerprint density at radius 3 is 2.58 bits per heavy atom. The molecule has 0 saturated carbocycles. The third-order valence-electron chi connectivity index (χ3n) is 4.62. The summed E-state index contributed by atoms with van der Waals surface area (Å²) in [5, 5.41) is 13.8. The molecule has 2 N–H and O–H groups in total. The number of aryl methyl sites for hydroxylation is 1. The van der Waals surface area contributed by atoms with E-state index in [9.17, 15) is 10.0 Å². The average molecular weight is 355 g/mol. The van der Waals surface area contributed by atoms with Crippen molar-refractivity contribution in [2.24, 2.45) is 5.92 Å². The molecule has 2 heterocycles. The van der Waals surface area contributed by atoms with E-state index in [1.165, 1.54) is 7.11 Å². The zero-order valence-corrected chi connectivity index (χ0v) is 15.7. The van der Waals surface area contributed by atoms with Gasteiger partial charge in [-0.15, -0.1) is 4.73 Å². The fraction of sp³-hybridized carbons (Fsp3) is 0.400. The van der Waals surface area contributed by atoms with Crippen molar-refractivity contribution in [3.63, 3.8) is 0 Å². The fourth-order valence-corrected chi connectivity index (χ4v) is 3.42. The Labute approximate surface area is 152 Å². The monoisotopic (exact) mass is 355 g/mol. The number of ether oxygens (including phenoxy) is 1. The summed E-state index contributed by atoms with van der Waals surface area (Å²) < 4.78 is 6.01. The highest BCUT2D eigenvalue weighted by atomic mass is 16.5. The van der Waals surface area contributed by atoms with E-state index in [0.29, 0.717) is 23.3 Å². The first-order chi connectivity index (χ1) is 12.5. The van der Waals surface area contributed by atoms with Crippen LogP contribution in [-0.2, 0) is 19.3 Å². The molecular weight excluding hydrogens is 330 g/mol. The molecule has 0 aliphatic heterocycles. The molecule has 3 rings (SSSR count). The van der Waals surface area contributed by atoms with E-state index in [0.717, 1.165) is 28.6 Å². The number of hydrogen-bond acceptors (Lipinski definition) is 3. The number of hydrogen-bond donors (Lipinski definition) is 2. The second-order valence-electron chi connectivity index (χ2n) is 6.94. The van der Waals surface area contributed by atoms with Crippen molar-refractivity contribution in [1.29, 1.82) is 0 Å². The van der Waals surface area contributed by atoms with Crippen LogP contribution in [0.15, 0.2) is 29.1 Å². The lowest BCUT2D eigenvalue weighted by Gasteiger charge is -2.12. The smallest absolute Gasteiger partial charge is 0.400 e. The first-order valence-corrected chi connectivity index (χ1v) is 8.96. The molecule has 0 aliphatic rings. The third kappa shape index (κ3) is 3.19. The molecule has 1 aromatic carbocycles. The number of rotatable bonds is 6. The van der Waals surface area contributed by atoms with Gasteiger partial charge in [0.2, 0.25) is 0 Å². The minimum absolute atomic E-state index is 0.160. The summed E-state index contributed by atoms with van der Waals surface area (Å²) in [6.45, 7) is 6.02. The molecule has 6 heteroatoms. The Morgan fingerprint density at radius 2 is 1.92 bits per heavy atom. The van der Waals surface area contributed by atoms with Crippen molar-refractivity contribution in [1.82, 2.24) is 9.97 Å². The van der Waals surface area contributed by atoms with Crippen molar-refractivity contribution in [2.45, 2.75) is 40.0 Å². The standard InChI is InChI=1S/C20H25N3O3/c1-5-15-14(13-8-6-7-9-16(13)21-15)11-17-20(26-4)23(25)18(10-12(2)3)19(24)22-17/h6-9,12,21H,5,10-11H2,1-4H3,(H,22,24). The van der Waals surface area contributed by atoms with Crippen LogP contribution in [0.5, 0.6) is 5.88 Å². The molecule has 0 spiro atoms. The number of aromatic nitrogens is 3. The Hall–Kier alpha value is -2.76. The number of H-pyrrole nitrogens is 2. The van der Waals surface area contributed by atoms with Crippen molar-refractivity contribution in [3.05, 3.63) is 62.5 Å². The van der Waals surface area contributed by atoms with Crippen LogP contribution in [0.1, 0.15) is 43.4 Å². The van der Waals surface area contributed by atoms with E-state index in [1.807, 2.05) is 38.1 Å². The van der Waals surface area contributed by atoms with E-state index in [-0.39, 0.29) is 23.1 Å². The van der Waals surface area contributed by atoms with Gasteiger partial charge < -0.3 is 19.9 Å². The predicted octanol–water partition coefficient (Wildman–Crippen LogP) is 2.85. The van der Waals surface area contributed by atoms with Crippen LogP contribution in [0.25, 0.3) is 10.9 Å². The minimum atomic E-state index is -0.345. The van der Waals surface area contributed by atoms with Crippen LogP contribution in [0.2, 0.25) is 0 Å². The summed E-state index contributed by atoms with van der Waals surface area (Å²) >= 11 is 0. The number of nitrogens with zero attached hydrogens (tertiary/aromatic N) is 1. The van der Waals surface area contributed by atoms with Crippen molar-refractivity contribution < 1.29 is 9.47 Å². The van der Waals surface area contributed by atoms with E-state index < -0.39 is 0 Å². The molecule has 0 fully saturated rings. The summed E-state index contributed by atoms with van der Waals surface area (Å²) in [6, 6.07) is 8.04. The van der Waals surface area contributed by atoms with Gasteiger partial charge in [0.1, 0.15) is 5.69 Å². The maximum Gasteiger partial charge on any atom is 0.400 e. The second-order valence-corrected chi connectivity index (χ2v) is 6.94. The molecule has 26 heavy (non-hydrogen) atoms. The maximum absolute atomic E-state index is 12.7. The van der Waals surface area contributed by atoms with Gasteiger partial charge in [0, 0.05) is 29.4 Å². The molecule has 0 aliphatic carbocycles. The molecule has 3 aromatic rings. The Balaban J connectivity index is 2.13. The summed E-state index contributed by atoms with van der Waals surface area (Å²) in [7, 11) is 1.46. The Bertz CT molecular complexity index is 986. The van der Waals surface area contributed by atoms with Crippen LogP contribution in [0, 0.1) is 11.1 Å². The molecule has 2 aromatic heterocycles. The van der Waals surface area contributed by atoms with Crippen LogP contribution in [0.3, 0.4) is 0 Å². The Kier molecular flexibility index (Phi) is 5.02. The topological polar surface area (TPSA) is 84.8 Å². The molecule has 0 saturated heterocycles. The molecule has 0 atom stereocenters. The summed E-state index contributed by atoms with van der Waals surface area (Å²) in [6.07, 6.45) is 1.66. The quantitative estimate of drug-likeness (QED) is 0.527. The zero-order chi connectivity index (χ0) is 18.8. The number of aromatic amines is 2. The van der Waals surface area contributed by atoms with Gasteiger partial charge >= 0.3 is 11.4 Å². The summed E-state index contributed by atoms with van der Waals surface area (Å²) in [5.74, 6) is 0.361. The summed E-state index contributed by atoms with van der Waals surface area (Å²) in [5.41, 5.74) is 3.57. The van der Waals surface area contributed by atoms with Gasteiger partial charge in [0.05, 0.1) is 7.11 Å². The zero-order valence-electron chi connectivity index (χ0n) is 15.7. The third-order valence-corrected chi connectivity index (χ3v) is 4.62. The second kappa shape index (κ2) is 7.23. The highest BCUT2D eigenvalue weighted by Crippen LogP contribution is 2.26. The number of benzene rings is 1. The highest BCUT2D eigenvalue weighted by Gasteiger charge is 2.25. The van der Waals surface area contributed by atoms with E-state index >= 15 is 0 Å². The van der Waals surface area contributed by atoms with Crippen LogP contribution in [0.4, 0.5) is 0 Å². The van der Waals surface area contributed by atoms with Crippen LogP contribution < -0.4 is 15.0 Å². The molecule has 0 amide bonds. The minimum Gasteiger partial charge on any atom is -0.616 e. The van der Waals surface area contributed by atoms with Crippen molar-refractivity contribution in [3.8, 4) is 5.88 Å². The van der Waals surface area contributed by atoms with Gasteiger partial charge in [-0.05, 0) is 24.0 Å². The lowest BCUT2D eigenvalue weighted by atomic mass is 10.0. The van der Waals surface area contributed by atoms with Gasteiger partial charge in [0.25, 0.3) is 5.69 Å². The molecule has 138 valence electrons. The lowest BCUT2D eigenvalue weighted by Crippen LogP contribution is -2.43. The molecule has 0 radical (unpaired) electrons. The van der Waals surface area contributed by atoms with Crippen molar-refractivity contribution >= 4 is 10.9 Å². The molecular formula is C20H25N3O3. The molecule has 6 nitrogen and oxygen atoms in total. The predicted molar refractivity (Wildman–Crippen MR) is 102 cm³/mol. The first kappa shape index (κ1) is 18.0. The maximum atomic E-state index is 12.7. The van der Waals surface area contributed by atoms with Gasteiger partial charge in [-0.1, -0.05) is 39.0 Å². The van der Waals surface area contributed by atoms with Gasteiger partial charge in [-0.3, -0.25) is 4.79 Å². The number of para-hydroxylation sites is 1. The molecule has 0 unspecified atom stereocenters. The van der Waals surface area contributed by atoms with Gasteiger partial charge in [-0.25, -0.2) is 0 Å². The van der Waals surface area contributed by atoms with Crippen LogP contribution in [-0.4, -0.2) is 17.1 Å². The van der Waals surface area contributed by atoms with Crippen molar-refractivity contribution in [2.75, 3.05) is 7.11 Å². The number of fused-ring (bicyclic) bond motifs is 1. The highest BCUT2D eigenvalue weighted by molar-refractivity contribution is 5.85. The normalized spacial score (nSPS) is 11.4. The van der Waals surface area contributed by atoms with E-state index in [1.54, 1.807) is 0 Å². The first-order valence-electron chi connectivity index (χ1n) is 8.96. The van der Waals surface area contributed by atoms with E-state index in [4.69, 9.17) is 4.74 Å². The SMILES string of the molecule is CCc1[nH]c2ccccc2c1Cc1[nH]c(=O)c(CC(C)C)[n+]([O-])c1OC. The number of nitrogens with one attached hydrogen (secondary N) is 2. The largest absolute Gasteiger partial charge is 0.616 e. The average Bonchev–Trinajstić information content (AvgIpc) is 2.96. The summed E-state index contributed by atoms with van der Waals surface area (Å²) in [4.78, 5) is 18.8. The van der Waals surface area contributed by atoms with Crippen LogP contribution >= 0.6 is 0 Å². The molecule has 0 bridgehead atoms. The fourth-order valence-electron chi connectivity index (χ4n) is 3.42. The van der Waals surface area contributed by atoms with Gasteiger partial charge in [-0.2, -0.15) is 0 Å². The van der Waals surface area contributed by atoms with Gasteiger partial charge in [0.15, 0.2) is 0 Å². The number of methoxy groups -OCH3 is 1. The Morgan fingerprint density at radius 1 is 1.19 bits per heavy atom. The lowest BCUT2D eigenvalue weighted by molar-refractivity contribution is -0.622. The van der Waals surface area contributed by atoms with E-state index in [2.05, 4.69) is 16.9 Å².